The first-order valence-electron chi connectivity index (χ1n) is 10.0. The summed E-state index contributed by atoms with van der Waals surface area (Å²) in [6, 6.07) is 12.3. The lowest BCUT2D eigenvalue weighted by atomic mass is 10.1. The van der Waals surface area contributed by atoms with E-state index in [2.05, 4.69) is 48.8 Å². The van der Waals surface area contributed by atoms with Gasteiger partial charge in [-0.3, -0.25) is 9.89 Å². The lowest BCUT2D eigenvalue weighted by Crippen LogP contribution is -2.52. The third-order valence-electron chi connectivity index (χ3n) is 5.26. The van der Waals surface area contributed by atoms with Crippen molar-refractivity contribution in [3.05, 3.63) is 58.6 Å². The van der Waals surface area contributed by atoms with Crippen LogP contribution in [-0.4, -0.2) is 61.3 Å². The highest BCUT2D eigenvalue weighted by Gasteiger charge is 2.20. The third-order valence-corrected chi connectivity index (χ3v) is 6.20. The number of aromatic nitrogens is 1. The Balaban J connectivity index is 1.28. The summed E-state index contributed by atoms with van der Waals surface area (Å²) in [5, 5.41) is 9.72. The fourth-order valence-corrected chi connectivity index (χ4v) is 4.41. The highest BCUT2D eigenvalue weighted by Crippen LogP contribution is 2.27. The minimum absolute atomic E-state index is 0.770. The molecule has 3 heterocycles. The topological polar surface area (TPSA) is 66.1 Å². The van der Waals surface area contributed by atoms with E-state index in [4.69, 9.17) is 9.26 Å². The number of aliphatic imine (C=N–C) groups is 1. The molecule has 0 bridgehead atoms. The first kappa shape index (κ1) is 20.4. The van der Waals surface area contributed by atoms with E-state index in [0.717, 1.165) is 56.7 Å². The normalized spacial score (nSPS) is 15.4. The minimum Gasteiger partial charge on any atom is -0.497 e. The zero-order valence-electron chi connectivity index (χ0n) is 17.4. The van der Waals surface area contributed by atoms with E-state index < -0.39 is 0 Å². The summed E-state index contributed by atoms with van der Waals surface area (Å²) in [7, 11) is 3.54. The predicted octanol–water partition coefficient (Wildman–Crippen LogP) is 3.30. The first-order chi connectivity index (χ1) is 14.7. The Hall–Kier alpha value is -2.84. The van der Waals surface area contributed by atoms with Crippen LogP contribution in [0.4, 0.5) is 0 Å². The fourth-order valence-electron chi connectivity index (χ4n) is 3.57. The summed E-state index contributed by atoms with van der Waals surface area (Å²) in [4.78, 5) is 10.5. The molecule has 0 aliphatic carbocycles. The van der Waals surface area contributed by atoms with Crippen molar-refractivity contribution in [2.45, 2.75) is 13.1 Å². The van der Waals surface area contributed by atoms with Crippen molar-refractivity contribution in [3.8, 4) is 16.9 Å². The maximum absolute atomic E-state index is 5.24. The Morgan fingerprint density at radius 3 is 2.63 bits per heavy atom. The van der Waals surface area contributed by atoms with E-state index in [9.17, 15) is 0 Å². The van der Waals surface area contributed by atoms with Crippen LogP contribution in [0.2, 0.25) is 0 Å². The number of ether oxygens (including phenoxy) is 1. The molecule has 1 N–H and O–H groups in total. The van der Waals surface area contributed by atoms with Gasteiger partial charge in [0.25, 0.3) is 0 Å². The minimum atomic E-state index is 0.770. The second kappa shape index (κ2) is 9.77. The lowest BCUT2D eigenvalue weighted by Gasteiger charge is -2.36. The summed E-state index contributed by atoms with van der Waals surface area (Å²) in [5.74, 6) is 1.83. The van der Waals surface area contributed by atoms with Gasteiger partial charge in [-0.15, -0.1) is 11.3 Å². The maximum atomic E-state index is 5.24. The molecule has 1 fully saturated rings. The van der Waals surface area contributed by atoms with Gasteiger partial charge in [0.1, 0.15) is 12.0 Å². The molecule has 7 nitrogen and oxygen atoms in total. The molecular weight excluding hydrogens is 398 g/mol. The molecule has 8 heteroatoms. The van der Waals surface area contributed by atoms with Gasteiger partial charge in [-0.05, 0) is 34.7 Å². The van der Waals surface area contributed by atoms with Crippen LogP contribution in [0.5, 0.6) is 5.75 Å². The van der Waals surface area contributed by atoms with E-state index in [1.807, 2.05) is 25.2 Å². The van der Waals surface area contributed by atoms with E-state index in [-0.39, 0.29) is 0 Å². The van der Waals surface area contributed by atoms with Gasteiger partial charge >= 0.3 is 0 Å². The second-order valence-corrected chi connectivity index (χ2v) is 8.18. The summed E-state index contributed by atoms with van der Waals surface area (Å²) < 4.78 is 10.2. The number of nitrogens with one attached hydrogen (secondary N) is 1. The van der Waals surface area contributed by atoms with Crippen molar-refractivity contribution >= 4 is 17.3 Å². The second-order valence-electron chi connectivity index (χ2n) is 7.18. The van der Waals surface area contributed by atoms with Crippen LogP contribution in [0.1, 0.15) is 10.6 Å². The number of hydrogen-bond acceptors (Lipinski definition) is 6. The lowest BCUT2D eigenvalue weighted by molar-refractivity contribution is 0.169. The monoisotopic (exact) mass is 425 g/mol. The average Bonchev–Trinajstić information content (AvgIpc) is 3.48. The predicted molar refractivity (Wildman–Crippen MR) is 120 cm³/mol. The van der Waals surface area contributed by atoms with Gasteiger partial charge in [-0.2, -0.15) is 0 Å². The van der Waals surface area contributed by atoms with Crippen LogP contribution in [-0.2, 0) is 13.1 Å². The first-order valence-corrected chi connectivity index (χ1v) is 10.9. The highest BCUT2D eigenvalue weighted by atomic mass is 32.1. The number of hydrogen-bond donors (Lipinski definition) is 1. The van der Waals surface area contributed by atoms with Crippen LogP contribution < -0.4 is 10.1 Å². The van der Waals surface area contributed by atoms with E-state index in [1.165, 1.54) is 16.0 Å². The van der Waals surface area contributed by atoms with Crippen molar-refractivity contribution in [2.75, 3.05) is 40.3 Å². The van der Waals surface area contributed by atoms with Gasteiger partial charge in [-0.1, -0.05) is 17.3 Å². The summed E-state index contributed by atoms with van der Waals surface area (Å²) in [6.45, 7) is 5.45. The maximum Gasteiger partial charge on any atom is 0.194 e. The van der Waals surface area contributed by atoms with Gasteiger partial charge < -0.3 is 19.5 Å². The van der Waals surface area contributed by atoms with Crippen LogP contribution in [0.15, 0.2) is 57.6 Å². The van der Waals surface area contributed by atoms with Gasteiger partial charge in [0.05, 0.1) is 19.3 Å². The number of methoxy groups -OCH3 is 1. The molecule has 30 heavy (non-hydrogen) atoms. The van der Waals surface area contributed by atoms with Crippen LogP contribution in [0.3, 0.4) is 0 Å². The van der Waals surface area contributed by atoms with Crippen molar-refractivity contribution in [3.63, 3.8) is 0 Å². The largest absolute Gasteiger partial charge is 0.497 e. The average molecular weight is 426 g/mol. The smallest absolute Gasteiger partial charge is 0.194 e. The van der Waals surface area contributed by atoms with Crippen LogP contribution in [0, 0.1) is 0 Å². The van der Waals surface area contributed by atoms with Crippen LogP contribution >= 0.6 is 11.3 Å². The van der Waals surface area contributed by atoms with Crippen molar-refractivity contribution < 1.29 is 9.26 Å². The Morgan fingerprint density at radius 2 is 1.97 bits per heavy atom. The Labute approximate surface area is 181 Å². The SMILES string of the molecule is CN=C(NCc1cc(-c2ccc(OC)cc2)cs1)N1CCN(Cc2ccon2)CC1. The molecule has 1 saturated heterocycles. The molecule has 0 radical (unpaired) electrons. The quantitative estimate of drug-likeness (QED) is 0.483. The molecule has 1 aliphatic heterocycles. The zero-order valence-corrected chi connectivity index (χ0v) is 18.2. The summed E-state index contributed by atoms with van der Waals surface area (Å²) in [5.41, 5.74) is 3.41. The van der Waals surface area contributed by atoms with Gasteiger partial charge in [-0.25, -0.2) is 0 Å². The number of thiophene rings is 1. The Bertz CT molecular complexity index is 944. The molecule has 4 rings (SSSR count). The number of guanidine groups is 1. The molecule has 3 aromatic rings. The van der Waals surface area contributed by atoms with Crippen molar-refractivity contribution in [2.24, 2.45) is 4.99 Å². The van der Waals surface area contributed by atoms with Crippen molar-refractivity contribution in [1.29, 1.82) is 0 Å². The number of rotatable bonds is 6. The molecule has 158 valence electrons. The molecule has 0 unspecified atom stereocenters. The van der Waals surface area contributed by atoms with Gasteiger partial charge in [0.15, 0.2) is 5.96 Å². The van der Waals surface area contributed by atoms with Gasteiger partial charge in [0, 0.05) is 50.7 Å². The summed E-state index contributed by atoms with van der Waals surface area (Å²) in [6.07, 6.45) is 1.63. The third kappa shape index (κ3) is 5.01. The zero-order chi connectivity index (χ0) is 20.8. The van der Waals surface area contributed by atoms with E-state index in [1.54, 1.807) is 24.7 Å². The molecule has 1 aromatic carbocycles. The molecule has 0 saturated carbocycles. The molecule has 1 aliphatic rings. The molecule has 0 atom stereocenters. The standard InChI is InChI=1S/C22H27N5O2S/c1-23-22(27-10-8-26(9-11-27)15-19-7-12-29-25-19)24-14-21-13-18(16-30-21)17-3-5-20(28-2)6-4-17/h3-7,12-13,16H,8-11,14-15H2,1-2H3,(H,23,24). The van der Waals surface area contributed by atoms with Gasteiger partial charge in [0.2, 0.25) is 0 Å². The van der Waals surface area contributed by atoms with Crippen molar-refractivity contribution in [1.82, 2.24) is 20.3 Å². The fraction of sp³-hybridized carbons (Fsp3) is 0.364. The number of piperazine rings is 1. The number of benzene rings is 1. The van der Waals surface area contributed by atoms with E-state index in [0.29, 0.717) is 0 Å². The molecule has 0 spiro atoms. The molecular formula is C22H27N5O2S. The summed E-state index contributed by atoms with van der Waals surface area (Å²) >= 11 is 1.76. The molecule has 0 amide bonds. The van der Waals surface area contributed by atoms with E-state index >= 15 is 0 Å². The van der Waals surface area contributed by atoms with Crippen LogP contribution in [0.25, 0.3) is 11.1 Å². The number of nitrogens with zero attached hydrogens (tertiary/aromatic N) is 4. The molecule has 2 aromatic heterocycles. The Morgan fingerprint density at radius 1 is 1.17 bits per heavy atom. The Kier molecular flexibility index (Phi) is 6.66. The highest BCUT2D eigenvalue weighted by molar-refractivity contribution is 7.10.